The summed E-state index contributed by atoms with van der Waals surface area (Å²) in [7, 11) is 0. The first kappa shape index (κ1) is 13.8. The van der Waals surface area contributed by atoms with Gasteiger partial charge in [-0.05, 0) is 37.2 Å². The number of furan rings is 1. The lowest BCUT2D eigenvalue weighted by molar-refractivity contribution is 0.144. The smallest absolute Gasteiger partial charge is 0.131 e. The van der Waals surface area contributed by atoms with Crippen molar-refractivity contribution in [2.45, 2.75) is 12.5 Å². The highest BCUT2D eigenvalue weighted by molar-refractivity contribution is 6.34. The van der Waals surface area contributed by atoms with Gasteiger partial charge < -0.3 is 14.5 Å². The minimum absolute atomic E-state index is 0.0571. The molecule has 1 saturated heterocycles. The van der Waals surface area contributed by atoms with Crippen molar-refractivity contribution < 1.29 is 9.15 Å². The van der Waals surface area contributed by atoms with Gasteiger partial charge in [-0.15, -0.1) is 0 Å². The van der Waals surface area contributed by atoms with Gasteiger partial charge in [0.2, 0.25) is 0 Å². The second-order valence-electron chi connectivity index (χ2n) is 4.95. The zero-order chi connectivity index (χ0) is 13.9. The lowest BCUT2D eigenvalue weighted by atomic mass is 9.96. The van der Waals surface area contributed by atoms with Crippen molar-refractivity contribution in [3.8, 4) is 5.75 Å². The molecule has 1 aliphatic rings. The molecule has 0 bridgehead atoms. The van der Waals surface area contributed by atoms with Crippen molar-refractivity contribution in [2.75, 3.05) is 13.1 Å². The molecular weight excluding hydrogens is 297 g/mol. The molecule has 1 aliphatic heterocycles. The summed E-state index contributed by atoms with van der Waals surface area (Å²) in [6.45, 7) is 1.95. The van der Waals surface area contributed by atoms with Crippen LogP contribution in [0.2, 0.25) is 10.0 Å². The van der Waals surface area contributed by atoms with Gasteiger partial charge in [0.05, 0.1) is 12.5 Å². The summed E-state index contributed by atoms with van der Waals surface area (Å²) in [6.07, 6.45) is 4.41. The predicted octanol–water partition coefficient (Wildman–Crippen LogP) is 4.32. The molecule has 0 amide bonds. The van der Waals surface area contributed by atoms with E-state index in [2.05, 4.69) is 5.32 Å². The largest absolute Gasteiger partial charge is 0.485 e. The van der Waals surface area contributed by atoms with E-state index < -0.39 is 0 Å². The van der Waals surface area contributed by atoms with Gasteiger partial charge in [0, 0.05) is 28.1 Å². The molecule has 106 valence electrons. The molecule has 1 unspecified atom stereocenters. The molecule has 1 fully saturated rings. The quantitative estimate of drug-likeness (QED) is 0.913. The zero-order valence-corrected chi connectivity index (χ0v) is 12.3. The zero-order valence-electron chi connectivity index (χ0n) is 10.8. The molecule has 2 atom stereocenters. The van der Waals surface area contributed by atoms with E-state index in [1.54, 1.807) is 30.7 Å². The molecule has 3 rings (SSSR count). The summed E-state index contributed by atoms with van der Waals surface area (Å²) >= 11 is 12.0. The number of hydrogen-bond acceptors (Lipinski definition) is 3. The van der Waals surface area contributed by atoms with Gasteiger partial charge in [0.15, 0.2) is 0 Å². The SMILES string of the molecule is Clc1cc(Cl)cc(O[C@@H](c2ccoc2)C2CCNC2)c1. The van der Waals surface area contributed by atoms with Crippen LogP contribution in [0.15, 0.2) is 41.2 Å². The van der Waals surface area contributed by atoms with Crippen LogP contribution in [0.4, 0.5) is 0 Å². The van der Waals surface area contributed by atoms with E-state index in [-0.39, 0.29) is 6.10 Å². The Morgan fingerprint density at radius 1 is 1.25 bits per heavy atom. The van der Waals surface area contributed by atoms with E-state index >= 15 is 0 Å². The summed E-state index contributed by atoms with van der Waals surface area (Å²) in [6, 6.07) is 7.20. The summed E-state index contributed by atoms with van der Waals surface area (Å²) in [4.78, 5) is 0. The molecule has 0 saturated carbocycles. The number of ether oxygens (including phenoxy) is 1. The molecule has 0 aliphatic carbocycles. The first-order valence-electron chi connectivity index (χ1n) is 6.58. The minimum Gasteiger partial charge on any atom is -0.485 e. The van der Waals surface area contributed by atoms with Crippen LogP contribution in [0, 0.1) is 5.92 Å². The van der Waals surface area contributed by atoms with Gasteiger partial charge in [0.25, 0.3) is 0 Å². The Kier molecular flexibility index (Phi) is 4.20. The van der Waals surface area contributed by atoms with Gasteiger partial charge in [-0.25, -0.2) is 0 Å². The first-order valence-corrected chi connectivity index (χ1v) is 7.33. The monoisotopic (exact) mass is 311 g/mol. The average molecular weight is 312 g/mol. The van der Waals surface area contributed by atoms with Crippen LogP contribution in [-0.2, 0) is 0 Å². The number of nitrogens with one attached hydrogen (secondary N) is 1. The first-order chi connectivity index (χ1) is 9.72. The Morgan fingerprint density at radius 2 is 2.05 bits per heavy atom. The lowest BCUT2D eigenvalue weighted by Crippen LogP contribution is -2.21. The normalized spacial score (nSPS) is 20.0. The van der Waals surface area contributed by atoms with E-state index in [1.807, 2.05) is 6.07 Å². The van der Waals surface area contributed by atoms with E-state index in [4.69, 9.17) is 32.4 Å². The topological polar surface area (TPSA) is 34.4 Å². The third-order valence-corrected chi connectivity index (χ3v) is 3.93. The third-order valence-electron chi connectivity index (χ3n) is 3.50. The summed E-state index contributed by atoms with van der Waals surface area (Å²) in [5, 5.41) is 4.50. The fourth-order valence-electron chi connectivity index (χ4n) is 2.55. The van der Waals surface area contributed by atoms with Crippen molar-refractivity contribution in [2.24, 2.45) is 5.92 Å². The minimum atomic E-state index is -0.0571. The van der Waals surface area contributed by atoms with E-state index in [9.17, 15) is 0 Å². The molecule has 0 radical (unpaired) electrons. The van der Waals surface area contributed by atoms with Gasteiger partial charge >= 0.3 is 0 Å². The van der Waals surface area contributed by atoms with Crippen LogP contribution in [0.5, 0.6) is 5.75 Å². The summed E-state index contributed by atoms with van der Waals surface area (Å²) in [5.41, 5.74) is 1.04. The molecule has 1 aromatic heterocycles. The molecule has 2 aromatic rings. The fraction of sp³-hybridized carbons (Fsp3) is 0.333. The molecular formula is C15H15Cl2NO2. The fourth-order valence-corrected chi connectivity index (χ4v) is 3.06. The number of hydrogen-bond donors (Lipinski definition) is 1. The van der Waals surface area contributed by atoms with Crippen molar-refractivity contribution >= 4 is 23.2 Å². The summed E-state index contributed by atoms with van der Waals surface area (Å²) in [5.74, 6) is 1.09. The van der Waals surface area contributed by atoms with Gasteiger partial charge in [-0.3, -0.25) is 0 Å². The van der Waals surface area contributed by atoms with Gasteiger partial charge in [-0.1, -0.05) is 23.2 Å². The molecule has 20 heavy (non-hydrogen) atoms. The molecule has 2 heterocycles. The maximum Gasteiger partial charge on any atom is 0.131 e. The average Bonchev–Trinajstić information content (AvgIpc) is 3.08. The number of rotatable bonds is 4. The highest BCUT2D eigenvalue weighted by Crippen LogP contribution is 2.34. The Bertz CT molecular complexity index is 545. The van der Waals surface area contributed by atoms with E-state index in [1.165, 1.54) is 0 Å². The van der Waals surface area contributed by atoms with Crippen LogP contribution < -0.4 is 10.1 Å². The van der Waals surface area contributed by atoms with E-state index in [0.717, 1.165) is 25.1 Å². The van der Waals surface area contributed by atoms with Crippen LogP contribution in [0.1, 0.15) is 18.1 Å². The van der Waals surface area contributed by atoms with Crippen LogP contribution >= 0.6 is 23.2 Å². The second kappa shape index (κ2) is 6.08. The number of halogens is 2. The molecule has 5 heteroatoms. The molecule has 1 aromatic carbocycles. The lowest BCUT2D eigenvalue weighted by Gasteiger charge is -2.23. The maximum atomic E-state index is 6.14. The highest BCUT2D eigenvalue weighted by atomic mass is 35.5. The van der Waals surface area contributed by atoms with Crippen molar-refractivity contribution in [3.05, 3.63) is 52.4 Å². The Labute approximate surface area is 127 Å². The molecule has 1 N–H and O–H groups in total. The molecule has 3 nitrogen and oxygen atoms in total. The van der Waals surface area contributed by atoms with Gasteiger partial charge in [0.1, 0.15) is 11.9 Å². The van der Waals surface area contributed by atoms with Crippen molar-refractivity contribution in [1.82, 2.24) is 5.32 Å². The van der Waals surface area contributed by atoms with Crippen LogP contribution in [0.3, 0.4) is 0 Å². The van der Waals surface area contributed by atoms with Crippen LogP contribution in [0.25, 0.3) is 0 Å². The van der Waals surface area contributed by atoms with Crippen molar-refractivity contribution in [1.29, 1.82) is 0 Å². The molecule has 0 spiro atoms. The summed E-state index contributed by atoms with van der Waals surface area (Å²) < 4.78 is 11.3. The van der Waals surface area contributed by atoms with Gasteiger partial charge in [-0.2, -0.15) is 0 Å². The number of benzene rings is 1. The third kappa shape index (κ3) is 3.11. The maximum absolute atomic E-state index is 6.14. The second-order valence-corrected chi connectivity index (χ2v) is 5.83. The van der Waals surface area contributed by atoms with E-state index in [0.29, 0.717) is 21.7 Å². The Balaban J connectivity index is 1.85. The van der Waals surface area contributed by atoms with Crippen molar-refractivity contribution in [3.63, 3.8) is 0 Å². The standard InChI is InChI=1S/C15H15Cl2NO2/c16-12-5-13(17)7-14(6-12)20-15(10-1-3-18-8-10)11-2-4-19-9-11/h2,4-7,9-10,15,18H,1,3,8H2/t10?,15-/m1/s1. The Morgan fingerprint density at radius 3 is 2.65 bits per heavy atom. The highest BCUT2D eigenvalue weighted by Gasteiger charge is 2.29. The predicted molar refractivity (Wildman–Crippen MR) is 79.5 cm³/mol. The Hall–Kier alpha value is -1.16. The van der Waals surface area contributed by atoms with Crippen LogP contribution in [-0.4, -0.2) is 13.1 Å².